The van der Waals surface area contributed by atoms with E-state index in [9.17, 15) is 41.0 Å². The Morgan fingerprint density at radius 1 is 1.03 bits per heavy atom. The van der Waals surface area contributed by atoms with E-state index in [-0.39, 0.29) is 37.2 Å². The van der Waals surface area contributed by atoms with Gasteiger partial charge in [0.25, 0.3) is 0 Å². The number of aromatic nitrogens is 1. The van der Waals surface area contributed by atoms with Crippen LogP contribution in [-0.2, 0) is 28.4 Å². The van der Waals surface area contributed by atoms with Crippen LogP contribution in [0, 0.1) is 0 Å². The van der Waals surface area contributed by atoms with E-state index in [1.165, 1.54) is 4.90 Å². The van der Waals surface area contributed by atoms with Crippen molar-refractivity contribution in [2.75, 3.05) is 18.0 Å². The van der Waals surface area contributed by atoms with Crippen LogP contribution in [0.1, 0.15) is 23.1 Å². The Balaban J connectivity index is 1.72. The summed E-state index contributed by atoms with van der Waals surface area (Å²) in [7, 11) is 0. The van der Waals surface area contributed by atoms with Crippen LogP contribution < -0.4 is 10.2 Å². The SMILES string of the molecule is O=C(Cc1ccc(C(F)(F)F)cc1)N[C@]1(C(=O)O)CCN(c2cncc(C(F)(F)F)c2)C1. The second kappa shape index (κ2) is 8.32. The highest BCUT2D eigenvalue weighted by Crippen LogP contribution is 2.33. The van der Waals surface area contributed by atoms with Crippen molar-refractivity contribution in [2.45, 2.75) is 30.7 Å². The Hall–Kier alpha value is -3.31. The molecule has 32 heavy (non-hydrogen) atoms. The summed E-state index contributed by atoms with van der Waals surface area (Å²) in [5.41, 5.74) is -3.34. The number of halogens is 6. The zero-order valence-electron chi connectivity index (χ0n) is 16.3. The van der Waals surface area contributed by atoms with Crippen molar-refractivity contribution in [1.29, 1.82) is 0 Å². The quantitative estimate of drug-likeness (QED) is 0.667. The molecule has 3 rings (SSSR count). The van der Waals surface area contributed by atoms with Crippen molar-refractivity contribution in [3.05, 3.63) is 59.4 Å². The second-order valence-electron chi connectivity index (χ2n) is 7.41. The summed E-state index contributed by atoms with van der Waals surface area (Å²) in [6, 6.07) is 4.70. The third-order valence-corrected chi connectivity index (χ3v) is 5.12. The van der Waals surface area contributed by atoms with Crippen LogP contribution in [0.25, 0.3) is 0 Å². The number of carboxylic acids is 1. The lowest BCUT2D eigenvalue weighted by Crippen LogP contribution is -2.56. The fourth-order valence-electron chi connectivity index (χ4n) is 3.42. The minimum Gasteiger partial charge on any atom is -0.479 e. The Morgan fingerprint density at radius 2 is 1.66 bits per heavy atom. The van der Waals surface area contributed by atoms with Gasteiger partial charge in [0.05, 0.1) is 36.0 Å². The molecule has 0 radical (unpaired) electrons. The number of pyridine rings is 1. The lowest BCUT2D eigenvalue weighted by Gasteiger charge is -2.27. The molecule has 0 saturated carbocycles. The first-order valence-corrected chi connectivity index (χ1v) is 9.28. The molecule has 1 aromatic heterocycles. The number of anilines is 1. The largest absolute Gasteiger partial charge is 0.479 e. The van der Waals surface area contributed by atoms with Crippen molar-refractivity contribution >= 4 is 17.6 Å². The van der Waals surface area contributed by atoms with Gasteiger partial charge in [-0.1, -0.05) is 12.1 Å². The summed E-state index contributed by atoms with van der Waals surface area (Å²) in [5.74, 6) is -2.11. The molecular formula is C20H17F6N3O3. The van der Waals surface area contributed by atoms with Gasteiger partial charge in [-0.3, -0.25) is 9.78 Å². The zero-order valence-corrected chi connectivity index (χ0v) is 16.3. The van der Waals surface area contributed by atoms with Crippen LogP contribution in [0.3, 0.4) is 0 Å². The number of carbonyl (C=O) groups excluding carboxylic acids is 1. The van der Waals surface area contributed by atoms with Crippen molar-refractivity contribution in [3.63, 3.8) is 0 Å². The topological polar surface area (TPSA) is 82.5 Å². The van der Waals surface area contributed by atoms with Gasteiger partial charge in [0.1, 0.15) is 0 Å². The molecule has 12 heteroatoms. The maximum Gasteiger partial charge on any atom is 0.417 e. The van der Waals surface area contributed by atoms with Gasteiger partial charge in [-0.25, -0.2) is 4.79 Å². The van der Waals surface area contributed by atoms with Crippen molar-refractivity contribution in [1.82, 2.24) is 10.3 Å². The zero-order chi connectivity index (χ0) is 23.7. The Morgan fingerprint density at radius 3 is 2.22 bits per heavy atom. The first-order valence-electron chi connectivity index (χ1n) is 9.28. The van der Waals surface area contributed by atoms with Crippen LogP contribution in [0.4, 0.5) is 32.0 Å². The first-order chi connectivity index (χ1) is 14.8. The molecule has 1 aliphatic rings. The highest BCUT2D eigenvalue weighted by atomic mass is 19.4. The first kappa shape index (κ1) is 23.4. The Kier molecular flexibility index (Phi) is 6.07. The minimum absolute atomic E-state index is 0.0514. The summed E-state index contributed by atoms with van der Waals surface area (Å²) in [6.45, 7) is -0.250. The molecular weight excluding hydrogens is 444 g/mol. The number of nitrogens with zero attached hydrogens (tertiary/aromatic N) is 2. The number of nitrogens with one attached hydrogen (secondary N) is 1. The molecule has 2 N–H and O–H groups in total. The van der Waals surface area contributed by atoms with E-state index in [1.807, 2.05) is 0 Å². The van der Waals surface area contributed by atoms with Gasteiger partial charge in [0, 0.05) is 19.2 Å². The van der Waals surface area contributed by atoms with Crippen LogP contribution in [0.5, 0.6) is 0 Å². The number of carboxylic acid groups (broad SMARTS) is 1. The van der Waals surface area contributed by atoms with Crippen molar-refractivity contribution in [3.8, 4) is 0 Å². The van der Waals surface area contributed by atoms with E-state index in [2.05, 4.69) is 10.3 Å². The predicted octanol–water partition coefficient (Wildman–Crippen LogP) is 3.51. The molecule has 0 aliphatic carbocycles. The molecule has 1 saturated heterocycles. The highest BCUT2D eigenvalue weighted by Gasteiger charge is 2.46. The molecule has 172 valence electrons. The van der Waals surface area contributed by atoms with Crippen LogP contribution in [-0.4, -0.2) is 40.6 Å². The molecule has 2 aromatic rings. The summed E-state index contributed by atoms with van der Waals surface area (Å²) in [5, 5.41) is 12.1. The molecule has 1 fully saturated rings. The molecule has 1 aromatic carbocycles. The van der Waals surface area contributed by atoms with Gasteiger partial charge in [-0.15, -0.1) is 0 Å². The van der Waals surface area contributed by atoms with E-state index in [0.29, 0.717) is 6.20 Å². The monoisotopic (exact) mass is 461 g/mol. The number of hydrogen-bond donors (Lipinski definition) is 2. The summed E-state index contributed by atoms with van der Waals surface area (Å²) < 4.78 is 76.7. The molecule has 1 aliphatic heterocycles. The number of benzene rings is 1. The summed E-state index contributed by atoms with van der Waals surface area (Å²) >= 11 is 0. The van der Waals surface area contributed by atoms with Crippen LogP contribution >= 0.6 is 0 Å². The van der Waals surface area contributed by atoms with Crippen LogP contribution in [0.2, 0.25) is 0 Å². The standard InChI is InChI=1S/C20H17F6N3O3/c21-19(22,23)13-3-1-12(2-4-13)7-16(30)28-18(17(31)32)5-6-29(11-18)15-8-14(9-27-10-15)20(24,25)26/h1-4,8-10H,5-7,11H2,(H,28,30)(H,31,32)/t18-/m1/s1. The van der Waals surface area contributed by atoms with Gasteiger partial charge in [-0.2, -0.15) is 26.3 Å². The Labute approximate surface area is 177 Å². The summed E-state index contributed by atoms with van der Waals surface area (Å²) in [4.78, 5) is 29.2. The number of aliphatic carboxylic acids is 1. The van der Waals surface area contributed by atoms with Gasteiger partial charge in [-0.05, 0) is 23.8 Å². The number of rotatable bonds is 5. The molecule has 0 spiro atoms. The van der Waals surface area contributed by atoms with Gasteiger partial charge < -0.3 is 15.3 Å². The van der Waals surface area contributed by atoms with E-state index < -0.39 is 40.9 Å². The molecule has 0 unspecified atom stereocenters. The fourth-order valence-corrected chi connectivity index (χ4v) is 3.42. The smallest absolute Gasteiger partial charge is 0.417 e. The lowest BCUT2D eigenvalue weighted by molar-refractivity contribution is -0.146. The number of carbonyl (C=O) groups is 2. The van der Waals surface area contributed by atoms with Gasteiger partial charge in [0.2, 0.25) is 5.91 Å². The molecule has 2 heterocycles. The molecule has 1 atom stereocenters. The van der Waals surface area contributed by atoms with E-state index in [4.69, 9.17) is 0 Å². The van der Waals surface area contributed by atoms with E-state index >= 15 is 0 Å². The van der Waals surface area contributed by atoms with Crippen molar-refractivity contribution < 1.29 is 41.0 Å². The minimum atomic E-state index is -4.62. The number of hydrogen-bond acceptors (Lipinski definition) is 4. The van der Waals surface area contributed by atoms with Crippen LogP contribution in [0.15, 0.2) is 42.7 Å². The number of amides is 1. The third kappa shape index (κ3) is 5.11. The molecule has 0 bridgehead atoms. The lowest BCUT2D eigenvalue weighted by atomic mass is 9.98. The Bertz CT molecular complexity index is 1010. The average molecular weight is 461 g/mol. The summed E-state index contributed by atoms with van der Waals surface area (Å²) in [6.07, 6.45) is -7.79. The van der Waals surface area contributed by atoms with E-state index in [0.717, 1.165) is 36.5 Å². The van der Waals surface area contributed by atoms with Gasteiger partial charge >= 0.3 is 18.3 Å². The maximum absolute atomic E-state index is 12.9. The van der Waals surface area contributed by atoms with E-state index in [1.54, 1.807) is 0 Å². The maximum atomic E-state index is 12.9. The second-order valence-corrected chi connectivity index (χ2v) is 7.41. The highest BCUT2D eigenvalue weighted by molar-refractivity contribution is 5.89. The van der Waals surface area contributed by atoms with Gasteiger partial charge in [0.15, 0.2) is 5.54 Å². The molecule has 1 amide bonds. The average Bonchev–Trinajstić information content (AvgIpc) is 3.12. The fraction of sp³-hybridized carbons (Fsp3) is 0.350. The molecule has 6 nitrogen and oxygen atoms in total. The number of alkyl halides is 6. The normalized spacial score (nSPS) is 19.1. The van der Waals surface area contributed by atoms with Crippen molar-refractivity contribution in [2.24, 2.45) is 0 Å². The third-order valence-electron chi connectivity index (χ3n) is 5.12. The predicted molar refractivity (Wildman–Crippen MR) is 99.7 cm³/mol.